The summed E-state index contributed by atoms with van der Waals surface area (Å²) in [5.41, 5.74) is 1.56. The van der Waals surface area contributed by atoms with Gasteiger partial charge >= 0.3 is 0 Å². The first kappa shape index (κ1) is 17.5. The number of nitrogens with one attached hydrogen (secondary N) is 1. The second kappa shape index (κ2) is 8.67. The SMILES string of the molecule is CCNC(=O)/C(=N\OC)c1ccccc1COc1ccc(F)cc1. The van der Waals surface area contributed by atoms with Crippen molar-refractivity contribution in [3.05, 3.63) is 65.5 Å². The Hall–Kier alpha value is -2.89. The molecule has 0 aliphatic carbocycles. The number of benzene rings is 2. The standard InChI is InChI=1S/C18H19FN2O3/c1-3-20-18(22)17(21-23-2)16-7-5-4-6-13(16)12-24-15-10-8-14(19)9-11-15/h4-11H,3,12H2,1-2H3,(H,20,22)/b21-17-. The molecule has 2 aromatic rings. The van der Waals surface area contributed by atoms with E-state index >= 15 is 0 Å². The van der Waals surface area contributed by atoms with Crippen molar-refractivity contribution < 1.29 is 18.8 Å². The molecule has 1 amide bonds. The number of amides is 1. The van der Waals surface area contributed by atoms with Crippen molar-refractivity contribution in [1.82, 2.24) is 5.32 Å². The number of rotatable bonds is 7. The maximum absolute atomic E-state index is 12.9. The zero-order chi connectivity index (χ0) is 17.4. The van der Waals surface area contributed by atoms with E-state index in [2.05, 4.69) is 10.5 Å². The van der Waals surface area contributed by atoms with Gasteiger partial charge in [-0.25, -0.2) is 4.39 Å². The molecule has 0 aromatic heterocycles. The molecule has 0 unspecified atom stereocenters. The lowest BCUT2D eigenvalue weighted by Crippen LogP contribution is -2.32. The Morgan fingerprint density at radius 1 is 1.17 bits per heavy atom. The van der Waals surface area contributed by atoms with Gasteiger partial charge in [-0.2, -0.15) is 0 Å². The minimum atomic E-state index is -0.325. The van der Waals surface area contributed by atoms with Crippen molar-refractivity contribution in [3.8, 4) is 5.75 Å². The van der Waals surface area contributed by atoms with Crippen LogP contribution in [0.5, 0.6) is 5.75 Å². The van der Waals surface area contributed by atoms with Crippen LogP contribution >= 0.6 is 0 Å². The van der Waals surface area contributed by atoms with Gasteiger partial charge in [-0.1, -0.05) is 29.4 Å². The highest BCUT2D eigenvalue weighted by Crippen LogP contribution is 2.16. The molecular weight excluding hydrogens is 311 g/mol. The van der Waals surface area contributed by atoms with E-state index in [9.17, 15) is 9.18 Å². The topological polar surface area (TPSA) is 59.9 Å². The molecule has 0 aliphatic heterocycles. The number of halogens is 1. The van der Waals surface area contributed by atoms with Gasteiger partial charge in [-0.15, -0.1) is 0 Å². The molecule has 0 spiro atoms. The van der Waals surface area contributed by atoms with E-state index in [0.29, 0.717) is 17.9 Å². The lowest BCUT2D eigenvalue weighted by atomic mass is 10.0. The van der Waals surface area contributed by atoms with Gasteiger partial charge in [0.1, 0.15) is 25.3 Å². The number of carbonyl (C=O) groups excluding carboxylic acids is 1. The van der Waals surface area contributed by atoms with Crippen LogP contribution in [0.4, 0.5) is 4.39 Å². The van der Waals surface area contributed by atoms with Gasteiger partial charge in [0.25, 0.3) is 5.91 Å². The Labute approximate surface area is 140 Å². The van der Waals surface area contributed by atoms with E-state index in [1.165, 1.54) is 19.2 Å². The number of carbonyl (C=O) groups is 1. The summed E-state index contributed by atoms with van der Waals surface area (Å²) < 4.78 is 18.6. The van der Waals surface area contributed by atoms with Crippen LogP contribution in [0.3, 0.4) is 0 Å². The minimum absolute atomic E-state index is 0.178. The summed E-state index contributed by atoms with van der Waals surface area (Å²) in [6.07, 6.45) is 0. The van der Waals surface area contributed by atoms with E-state index in [1.54, 1.807) is 24.3 Å². The van der Waals surface area contributed by atoms with Crippen LogP contribution in [0.15, 0.2) is 53.7 Å². The Kier molecular flexibility index (Phi) is 6.31. The summed E-state index contributed by atoms with van der Waals surface area (Å²) in [7, 11) is 1.39. The zero-order valence-electron chi connectivity index (χ0n) is 13.6. The number of oxime groups is 1. The van der Waals surface area contributed by atoms with Gasteiger partial charge < -0.3 is 14.9 Å². The van der Waals surface area contributed by atoms with Gasteiger partial charge in [0.15, 0.2) is 5.71 Å². The van der Waals surface area contributed by atoms with Crippen molar-refractivity contribution in [2.24, 2.45) is 5.16 Å². The van der Waals surface area contributed by atoms with Crippen molar-refractivity contribution in [2.75, 3.05) is 13.7 Å². The third kappa shape index (κ3) is 4.55. The molecule has 0 heterocycles. The molecule has 0 saturated carbocycles. The first-order valence-corrected chi connectivity index (χ1v) is 7.51. The van der Waals surface area contributed by atoms with Crippen LogP contribution in [0, 0.1) is 5.82 Å². The molecule has 2 rings (SSSR count). The Morgan fingerprint density at radius 2 is 1.88 bits per heavy atom. The first-order chi connectivity index (χ1) is 11.7. The summed E-state index contributed by atoms with van der Waals surface area (Å²) >= 11 is 0. The third-order valence-electron chi connectivity index (χ3n) is 3.22. The summed E-state index contributed by atoms with van der Waals surface area (Å²) in [6.45, 7) is 2.52. The van der Waals surface area contributed by atoms with Gasteiger partial charge in [-0.05, 0) is 36.8 Å². The zero-order valence-corrected chi connectivity index (χ0v) is 13.6. The molecule has 0 saturated heterocycles. The average molecular weight is 330 g/mol. The van der Waals surface area contributed by atoms with E-state index in [-0.39, 0.29) is 24.0 Å². The maximum Gasteiger partial charge on any atom is 0.273 e. The van der Waals surface area contributed by atoms with Gasteiger partial charge in [0, 0.05) is 12.1 Å². The van der Waals surface area contributed by atoms with Crippen LogP contribution in [-0.4, -0.2) is 25.3 Å². The fourth-order valence-electron chi connectivity index (χ4n) is 2.12. The lowest BCUT2D eigenvalue weighted by Gasteiger charge is -2.12. The fourth-order valence-corrected chi connectivity index (χ4v) is 2.12. The second-order valence-electron chi connectivity index (χ2n) is 4.88. The summed E-state index contributed by atoms with van der Waals surface area (Å²) in [6, 6.07) is 13.0. The molecule has 0 atom stereocenters. The minimum Gasteiger partial charge on any atom is -0.489 e. The molecule has 6 heteroatoms. The predicted molar refractivity (Wildman–Crippen MR) is 89.4 cm³/mol. The van der Waals surface area contributed by atoms with Crippen molar-refractivity contribution in [1.29, 1.82) is 0 Å². The van der Waals surface area contributed by atoms with Gasteiger partial charge in [0.05, 0.1) is 0 Å². The fraction of sp³-hybridized carbons (Fsp3) is 0.222. The van der Waals surface area contributed by atoms with Gasteiger partial charge in [-0.3, -0.25) is 4.79 Å². The molecule has 5 nitrogen and oxygen atoms in total. The smallest absolute Gasteiger partial charge is 0.273 e. The van der Waals surface area contributed by atoms with Crippen LogP contribution in [0.25, 0.3) is 0 Å². The van der Waals surface area contributed by atoms with E-state index in [4.69, 9.17) is 9.57 Å². The summed E-state index contributed by atoms with van der Waals surface area (Å²) in [4.78, 5) is 17.0. The molecule has 0 fully saturated rings. The Bertz CT molecular complexity index is 714. The highest BCUT2D eigenvalue weighted by atomic mass is 19.1. The monoisotopic (exact) mass is 330 g/mol. The third-order valence-corrected chi connectivity index (χ3v) is 3.22. The van der Waals surface area contributed by atoms with Crippen LogP contribution in [-0.2, 0) is 16.2 Å². The molecule has 126 valence electrons. The van der Waals surface area contributed by atoms with E-state index < -0.39 is 0 Å². The number of hydrogen-bond donors (Lipinski definition) is 1. The largest absolute Gasteiger partial charge is 0.489 e. The molecule has 0 bridgehead atoms. The molecular formula is C18H19FN2O3. The van der Waals surface area contributed by atoms with E-state index in [0.717, 1.165) is 5.56 Å². The Balaban J connectivity index is 2.23. The number of nitrogens with zero attached hydrogens (tertiary/aromatic N) is 1. The normalized spacial score (nSPS) is 11.0. The molecule has 24 heavy (non-hydrogen) atoms. The highest BCUT2D eigenvalue weighted by Gasteiger charge is 2.18. The van der Waals surface area contributed by atoms with Crippen molar-refractivity contribution in [3.63, 3.8) is 0 Å². The van der Waals surface area contributed by atoms with Crippen LogP contribution < -0.4 is 10.1 Å². The quantitative estimate of drug-likeness (QED) is 0.627. The van der Waals surface area contributed by atoms with Crippen molar-refractivity contribution >= 4 is 11.6 Å². The second-order valence-corrected chi connectivity index (χ2v) is 4.88. The predicted octanol–water partition coefficient (Wildman–Crippen LogP) is 2.89. The molecule has 0 aliphatic rings. The van der Waals surface area contributed by atoms with E-state index in [1.807, 2.05) is 19.1 Å². The van der Waals surface area contributed by atoms with Gasteiger partial charge in [0.2, 0.25) is 0 Å². The number of ether oxygens (including phenoxy) is 1. The molecule has 2 aromatic carbocycles. The Morgan fingerprint density at radius 3 is 2.54 bits per heavy atom. The summed E-state index contributed by atoms with van der Waals surface area (Å²) in [5, 5.41) is 6.54. The highest BCUT2D eigenvalue weighted by molar-refractivity contribution is 6.45. The van der Waals surface area contributed by atoms with Crippen LogP contribution in [0.1, 0.15) is 18.1 Å². The van der Waals surface area contributed by atoms with Crippen molar-refractivity contribution in [2.45, 2.75) is 13.5 Å². The number of hydrogen-bond acceptors (Lipinski definition) is 4. The number of likely N-dealkylation sites (N-methyl/N-ethyl adjacent to an activating group) is 1. The molecule has 0 radical (unpaired) electrons. The maximum atomic E-state index is 12.9. The first-order valence-electron chi connectivity index (χ1n) is 7.51. The average Bonchev–Trinajstić information content (AvgIpc) is 2.60. The molecule has 1 N–H and O–H groups in total. The van der Waals surface area contributed by atoms with Crippen LogP contribution in [0.2, 0.25) is 0 Å². The lowest BCUT2D eigenvalue weighted by molar-refractivity contribution is -0.114. The summed E-state index contributed by atoms with van der Waals surface area (Å²) in [5.74, 6) is -0.114.